The molecular formula is C23H25FN2O3. The minimum Gasteiger partial charge on any atom is -0.488 e. The lowest BCUT2D eigenvalue weighted by Gasteiger charge is -2.27. The van der Waals surface area contributed by atoms with E-state index in [-0.39, 0.29) is 30.2 Å². The molecule has 2 aromatic carbocycles. The number of rotatable bonds is 5. The van der Waals surface area contributed by atoms with E-state index in [2.05, 4.69) is 0 Å². The van der Waals surface area contributed by atoms with Gasteiger partial charge in [0, 0.05) is 19.5 Å². The van der Waals surface area contributed by atoms with Crippen LogP contribution >= 0.6 is 0 Å². The largest absolute Gasteiger partial charge is 0.488 e. The number of amides is 2. The van der Waals surface area contributed by atoms with Crippen molar-refractivity contribution in [2.24, 2.45) is 0 Å². The maximum Gasteiger partial charge on any atom is 0.245 e. The van der Waals surface area contributed by atoms with Crippen molar-refractivity contribution >= 4 is 11.8 Å². The Hall–Kier alpha value is -2.89. The Balaban J connectivity index is 1.50. The highest BCUT2D eigenvalue weighted by molar-refractivity contribution is 5.89. The zero-order valence-corrected chi connectivity index (χ0v) is 16.3. The van der Waals surface area contributed by atoms with Crippen LogP contribution in [0.3, 0.4) is 0 Å². The zero-order valence-electron chi connectivity index (χ0n) is 16.3. The van der Waals surface area contributed by atoms with Gasteiger partial charge < -0.3 is 14.5 Å². The van der Waals surface area contributed by atoms with Gasteiger partial charge in [0.2, 0.25) is 11.8 Å². The van der Waals surface area contributed by atoms with Gasteiger partial charge in [0.25, 0.3) is 0 Å². The molecule has 29 heavy (non-hydrogen) atoms. The predicted octanol–water partition coefficient (Wildman–Crippen LogP) is 3.04. The van der Waals surface area contributed by atoms with E-state index in [0.29, 0.717) is 18.5 Å². The molecule has 0 saturated carbocycles. The topological polar surface area (TPSA) is 49.9 Å². The number of carbonyl (C=O) groups excluding carboxylic acids is 2. The van der Waals surface area contributed by atoms with Gasteiger partial charge in [0.05, 0.1) is 13.0 Å². The molecule has 2 fully saturated rings. The molecule has 2 saturated heterocycles. The second-order valence-corrected chi connectivity index (χ2v) is 7.69. The van der Waals surface area contributed by atoms with Crippen molar-refractivity contribution in [3.8, 4) is 5.75 Å². The molecule has 2 unspecified atom stereocenters. The van der Waals surface area contributed by atoms with Gasteiger partial charge in [-0.15, -0.1) is 0 Å². The maximum absolute atomic E-state index is 13.5. The van der Waals surface area contributed by atoms with Crippen molar-refractivity contribution in [3.05, 3.63) is 66.0 Å². The first-order valence-electron chi connectivity index (χ1n) is 10.1. The lowest BCUT2D eigenvalue weighted by Crippen LogP contribution is -2.47. The number of para-hydroxylation sites is 1. The first-order chi connectivity index (χ1) is 14.1. The van der Waals surface area contributed by atoms with Crippen LogP contribution in [0, 0.1) is 5.82 Å². The second kappa shape index (κ2) is 8.64. The number of hydrogen-bond donors (Lipinski definition) is 0. The standard InChI is InChI=1S/C23H25FN2O3/c24-18-8-6-7-17(13-18)14-22(27)26-16-20(29-19-9-2-1-3-10-19)15-21(26)23(28)25-11-4-5-12-25/h1-3,6-10,13,20-21H,4-5,11-12,14-16H2. The Morgan fingerprint density at radius 3 is 2.52 bits per heavy atom. The average Bonchev–Trinajstić information content (AvgIpc) is 3.39. The number of likely N-dealkylation sites (tertiary alicyclic amines) is 2. The highest BCUT2D eigenvalue weighted by Gasteiger charge is 2.42. The summed E-state index contributed by atoms with van der Waals surface area (Å²) in [5.41, 5.74) is 0.606. The van der Waals surface area contributed by atoms with Gasteiger partial charge in [-0.1, -0.05) is 30.3 Å². The van der Waals surface area contributed by atoms with Crippen molar-refractivity contribution in [2.75, 3.05) is 19.6 Å². The van der Waals surface area contributed by atoms with Gasteiger partial charge in [0.15, 0.2) is 0 Å². The minimum absolute atomic E-state index is 0.00532. The van der Waals surface area contributed by atoms with Crippen molar-refractivity contribution in [3.63, 3.8) is 0 Å². The molecule has 0 aliphatic carbocycles. The van der Waals surface area contributed by atoms with E-state index in [1.54, 1.807) is 17.0 Å². The number of hydrogen-bond acceptors (Lipinski definition) is 3. The molecule has 2 atom stereocenters. The molecular weight excluding hydrogens is 371 g/mol. The molecule has 2 aliphatic heterocycles. The van der Waals surface area contributed by atoms with Crippen molar-refractivity contribution in [2.45, 2.75) is 37.8 Å². The third kappa shape index (κ3) is 4.58. The van der Waals surface area contributed by atoms with Crippen LogP contribution in [0.5, 0.6) is 5.75 Å². The second-order valence-electron chi connectivity index (χ2n) is 7.69. The lowest BCUT2D eigenvalue weighted by molar-refractivity contribution is -0.142. The smallest absolute Gasteiger partial charge is 0.245 e. The lowest BCUT2D eigenvalue weighted by atomic mass is 10.1. The molecule has 2 aliphatic rings. The van der Waals surface area contributed by atoms with Crippen LogP contribution in [0.2, 0.25) is 0 Å². The van der Waals surface area contributed by atoms with E-state index < -0.39 is 6.04 Å². The molecule has 0 spiro atoms. The number of carbonyl (C=O) groups is 2. The average molecular weight is 396 g/mol. The van der Waals surface area contributed by atoms with E-state index in [1.807, 2.05) is 35.2 Å². The van der Waals surface area contributed by atoms with Crippen LogP contribution in [-0.2, 0) is 16.0 Å². The Labute approximate surface area is 170 Å². The monoisotopic (exact) mass is 396 g/mol. The fourth-order valence-corrected chi connectivity index (χ4v) is 4.16. The van der Waals surface area contributed by atoms with Crippen LogP contribution in [0.15, 0.2) is 54.6 Å². The molecule has 2 heterocycles. The van der Waals surface area contributed by atoms with Gasteiger partial charge in [-0.05, 0) is 42.7 Å². The predicted molar refractivity (Wildman–Crippen MR) is 107 cm³/mol. The molecule has 4 rings (SSSR count). The number of ether oxygens (including phenoxy) is 1. The highest BCUT2D eigenvalue weighted by atomic mass is 19.1. The molecule has 152 valence electrons. The molecule has 0 aromatic heterocycles. The summed E-state index contributed by atoms with van der Waals surface area (Å²) in [6, 6.07) is 15.0. The summed E-state index contributed by atoms with van der Waals surface area (Å²) in [4.78, 5) is 29.6. The highest BCUT2D eigenvalue weighted by Crippen LogP contribution is 2.26. The summed E-state index contributed by atoms with van der Waals surface area (Å²) >= 11 is 0. The molecule has 0 radical (unpaired) electrons. The molecule has 2 amide bonds. The van der Waals surface area contributed by atoms with Crippen LogP contribution < -0.4 is 4.74 Å². The molecule has 0 bridgehead atoms. The zero-order chi connectivity index (χ0) is 20.2. The van der Waals surface area contributed by atoms with Crippen molar-refractivity contribution in [1.82, 2.24) is 9.80 Å². The summed E-state index contributed by atoms with van der Waals surface area (Å²) in [7, 11) is 0. The van der Waals surface area contributed by atoms with Crippen LogP contribution in [0.1, 0.15) is 24.8 Å². The van der Waals surface area contributed by atoms with E-state index in [4.69, 9.17) is 4.74 Å². The molecule has 2 aromatic rings. The molecule has 0 N–H and O–H groups in total. The quantitative estimate of drug-likeness (QED) is 0.781. The normalized spacial score (nSPS) is 21.4. The third-order valence-corrected chi connectivity index (χ3v) is 5.58. The van der Waals surface area contributed by atoms with E-state index >= 15 is 0 Å². The molecule has 5 nitrogen and oxygen atoms in total. The number of nitrogens with zero attached hydrogens (tertiary/aromatic N) is 2. The number of benzene rings is 2. The first-order valence-corrected chi connectivity index (χ1v) is 10.1. The van der Waals surface area contributed by atoms with E-state index in [1.165, 1.54) is 12.1 Å². The van der Waals surface area contributed by atoms with Crippen LogP contribution in [0.25, 0.3) is 0 Å². The minimum atomic E-state index is -0.525. The van der Waals surface area contributed by atoms with Gasteiger partial charge in [-0.2, -0.15) is 0 Å². The van der Waals surface area contributed by atoms with Gasteiger partial charge in [-0.3, -0.25) is 9.59 Å². The number of halogens is 1. The van der Waals surface area contributed by atoms with E-state index in [9.17, 15) is 14.0 Å². The Morgan fingerprint density at radius 2 is 1.79 bits per heavy atom. The first kappa shape index (κ1) is 19.4. The Bertz CT molecular complexity index is 867. The fraction of sp³-hybridized carbons (Fsp3) is 0.391. The van der Waals surface area contributed by atoms with E-state index in [0.717, 1.165) is 31.7 Å². The van der Waals surface area contributed by atoms with Gasteiger partial charge in [-0.25, -0.2) is 4.39 Å². The van der Waals surface area contributed by atoms with Crippen molar-refractivity contribution in [1.29, 1.82) is 0 Å². The maximum atomic E-state index is 13.5. The Morgan fingerprint density at radius 1 is 1.03 bits per heavy atom. The summed E-state index contributed by atoms with van der Waals surface area (Å²) < 4.78 is 19.5. The van der Waals surface area contributed by atoms with Crippen molar-refractivity contribution < 1.29 is 18.7 Å². The summed E-state index contributed by atoms with van der Waals surface area (Å²) in [5.74, 6) is 0.178. The third-order valence-electron chi connectivity index (χ3n) is 5.58. The van der Waals surface area contributed by atoms with Crippen LogP contribution in [-0.4, -0.2) is 53.4 Å². The van der Waals surface area contributed by atoms with Crippen LogP contribution in [0.4, 0.5) is 4.39 Å². The summed E-state index contributed by atoms with van der Waals surface area (Å²) in [6.07, 6.45) is 2.29. The van der Waals surface area contributed by atoms with Gasteiger partial charge in [0.1, 0.15) is 23.7 Å². The Kier molecular flexibility index (Phi) is 5.79. The fourth-order valence-electron chi connectivity index (χ4n) is 4.16. The van der Waals surface area contributed by atoms with Gasteiger partial charge >= 0.3 is 0 Å². The molecule has 6 heteroatoms. The SMILES string of the molecule is O=C(C1CC(Oc2ccccc2)CN1C(=O)Cc1cccc(F)c1)N1CCCC1. The summed E-state index contributed by atoms with van der Waals surface area (Å²) in [6.45, 7) is 1.84. The summed E-state index contributed by atoms with van der Waals surface area (Å²) in [5, 5.41) is 0.